The molecule has 0 amide bonds. The summed E-state index contributed by atoms with van der Waals surface area (Å²) >= 11 is 5.41. The first-order valence-electron chi connectivity index (χ1n) is 2.63. The highest BCUT2D eigenvalue weighted by molar-refractivity contribution is 6.29. The molecule has 0 aromatic carbocycles. The standard InChI is InChI=1S/C5H6ClN3O/c1-3-4(7)2-5(6)8-9(3)10/h2H,7H2,1H3. The van der Waals surface area contributed by atoms with Crippen LogP contribution < -0.4 is 10.6 Å². The van der Waals surface area contributed by atoms with Gasteiger partial charge in [-0.15, -0.1) is 0 Å². The molecule has 54 valence electrons. The highest BCUT2D eigenvalue weighted by Crippen LogP contribution is 2.08. The summed E-state index contributed by atoms with van der Waals surface area (Å²) in [5, 5.41) is 14.2. The maximum absolute atomic E-state index is 10.7. The molecular weight excluding hydrogens is 154 g/mol. The van der Waals surface area contributed by atoms with Crippen LogP contribution in [-0.2, 0) is 0 Å². The number of halogens is 1. The van der Waals surface area contributed by atoms with E-state index in [-0.39, 0.29) is 5.15 Å². The van der Waals surface area contributed by atoms with E-state index in [1.165, 1.54) is 6.07 Å². The van der Waals surface area contributed by atoms with Crippen LogP contribution >= 0.6 is 11.6 Å². The van der Waals surface area contributed by atoms with Gasteiger partial charge < -0.3 is 10.9 Å². The first-order chi connectivity index (χ1) is 4.61. The summed E-state index contributed by atoms with van der Waals surface area (Å²) in [5.41, 5.74) is 6.10. The van der Waals surface area contributed by atoms with Crippen molar-refractivity contribution in [1.82, 2.24) is 5.10 Å². The largest absolute Gasteiger partial charge is 0.594 e. The average molecular weight is 160 g/mol. The molecule has 1 heterocycles. The predicted molar refractivity (Wildman–Crippen MR) is 37.4 cm³/mol. The van der Waals surface area contributed by atoms with Crippen LogP contribution in [0.5, 0.6) is 0 Å². The molecule has 2 N–H and O–H groups in total. The van der Waals surface area contributed by atoms with Crippen molar-refractivity contribution >= 4 is 17.3 Å². The Hall–Kier alpha value is -1.03. The molecule has 0 saturated carbocycles. The van der Waals surface area contributed by atoms with E-state index in [1.807, 2.05) is 0 Å². The normalized spacial score (nSPS) is 9.80. The van der Waals surface area contributed by atoms with Crippen LogP contribution in [0.2, 0.25) is 5.15 Å². The Labute approximate surface area is 62.8 Å². The predicted octanol–water partition coefficient (Wildman–Crippen LogP) is 0.259. The molecule has 0 unspecified atom stereocenters. The molecule has 0 bridgehead atoms. The maximum atomic E-state index is 10.7. The van der Waals surface area contributed by atoms with Crippen LogP contribution in [0.3, 0.4) is 0 Å². The van der Waals surface area contributed by atoms with Crippen LogP contribution in [-0.4, -0.2) is 5.10 Å². The van der Waals surface area contributed by atoms with Gasteiger partial charge in [0, 0.05) is 18.1 Å². The first kappa shape index (κ1) is 7.08. The topological polar surface area (TPSA) is 65.8 Å². The van der Waals surface area contributed by atoms with Crippen molar-refractivity contribution in [2.45, 2.75) is 6.92 Å². The molecule has 0 atom stereocenters. The molecule has 0 radical (unpaired) electrons. The monoisotopic (exact) mass is 159 g/mol. The van der Waals surface area contributed by atoms with Crippen LogP contribution in [0.1, 0.15) is 5.69 Å². The summed E-state index contributed by atoms with van der Waals surface area (Å²) < 4.78 is 0. The maximum Gasteiger partial charge on any atom is 0.241 e. The minimum Gasteiger partial charge on any atom is -0.594 e. The number of nitrogens with two attached hydrogens (primary N) is 1. The SMILES string of the molecule is Cc1c(N)cc(Cl)n[n+]1[O-]. The number of rotatable bonds is 0. The van der Waals surface area contributed by atoms with Gasteiger partial charge in [-0.05, 0) is 0 Å². The molecule has 0 saturated heterocycles. The highest BCUT2D eigenvalue weighted by atomic mass is 35.5. The van der Waals surface area contributed by atoms with E-state index in [0.717, 1.165) is 0 Å². The van der Waals surface area contributed by atoms with Gasteiger partial charge in [-0.3, -0.25) is 0 Å². The fourth-order valence-electron chi connectivity index (χ4n) is 0.534. The average Bonchev–Trinajstić information content (AvgIpc) is 1.82. The first-order valence-corrected chi connectivity index (χ1v) is 3.01. The quantitative estimate of drug-likeness (QED) is 0.436. The van der Waals surface area contributed by atoms with Crippen LogP contribution in [0.4, 0.5) is 5.69 Å². The Kier molecular flexibility index (Phi) is 1.63. The van der Waals surface area contributed by atoms with Crippen molar-refractivity contribution in [1.29, 1.82) is 0 Å². The number of nitrogens with zero attached hydrogens (tertiary/aromatic N) is 2. The second kappa shape index (κ2) is 2.30. The van der Waals surface area contributed by atoms with Gasteiger partial charge >= 0.3 is 0 Å². The van der Waals surface area contributed by atoms with Gasteiger partial charge in [-0.2, -0.15) is 0 Å². The zero-order chi connectivity index (χ0) is 7.72. The number of hydrogen-bond donors (Lipinski definition) is 1. The lowest BCUT2D eigenvalue weighted by molar-refractivity contribution is -0.674. The molecule has 1 aromatic rings. The summed E-state index contributed by atoms with van der Waals surface area (Å²) in [5.74, 6) is 0. The third-order valence-electron chi connectivity index (χ3n) is 1.17. The second-order valence-electron chi connectivity index (χ2n) is 1.88. The molecule has 4 nitrogen and oxygen atoms in total. The third kappa shape index (κ3) is 1.11. The number of aromatic nitrogens is 2. The molecule has 5 heteroatoms. The smallest absolute Gasteiger partial charge is 0.241 e. The Morgan fingerprint density at radius 2 is 2.40 bits per heavy atom. The summed E-state index contributed by atoms with van der Waals surface area (Å²) in [6.07, 6.45) is 0. The van der Waals surface area contributed by atoms with Crippen LogP contribution in [0.15, 0.2) is 6.07 Å². The molecule has 0 aliphatic heterocycles. The van der Waals surface area contributed by atoms with E-state index in [9.17, 15) is 5.21 Å². The molecule has 0 aliphatic carbocycles. The van der Waals surface area contributed by atoms with Gasteiger partial charge in [0.05, 0.1) is 0 Å². The van der Waals surface area contributed by atoms with E-state index in [1.54, 1.807) is 6.92 Å². The van der Waals surface area contributed by atoms with Crippen molar-refractivity contribution in [3.63, 3.8) is 0 Å². The van der Waals surface area contributed by atoms with E-state index in [4.69, 9.17) is 17.3 Å². The van der Waals surface area contributed by atoms with Gasteiger partial charge in [0.15, 0.2) is 5.15 Å². The minimum atomic E-state index is 0.109. The van der Waals surface area contributed by atoms with Crippen molar-refractivity contribution in [3.8, 4) is 0 Å². The van der Waals surface area contributed by atoms with Crippen molar-refractivity contribution in [2.75, 3.05) is 5.73 Å². The fourth-order valence-corrected chi connectivity index (χ4v) is 0.720. The van der Waals surface area contributed by atoms with E-state index in [2.05, 4.69) is 5.10 Å². The number of anilines is 1. The van der Waals surface area contributed by atoms with Crippen LogP contribution in [0, 0.1) is 12.1 Å². The van der Waals surface area contributed by atoms with E-state index >= 15 is 0 Å². The molecule has 0 aliphatic rings. The van der Waals surface area contributed by atoms with E-state index < -0.39 is 0 Å². The Bertz CT molecular complexity index is 240. The fraction of sp³-hybridized carbons (Fsp3) is 0.200. The molecule has 1 aromatic heterocycles. The van der Waals surface area contributed by atoms with Gasteiger partial charge in [-0.1, -0.05) is 16.4 Å². The lowest BCUT2D eigenvalue weighted by atomic mass is 10.4. The zero-order valence-corrected chi connectivity index (χ0v) is 6.09. The lowest BCUT2D eigenvalue weighted by Crippen LogP contribution is -2.35. The van der Waals surface area contributed by atoms with Crippen molar-refractivity contribution in [3.05, 3.63) is 22.1 Å². The number of hydrogen-bond acceptors (Lipinski definition) is 3. The van der Waals surface area contributed by atoms with Crippen molar-refractivity contribution in [2.24, 2.45) is 0 Å². The summed E-state index contributed by atoms with van der Waals surface area (Å²) in [6, 6.07) is 1.44. The van der Waals surface area contributed by atoms with Crippen molar-refractivity contribution < 1.29 is 4.85 Å². The zero-order valence-electron chi connectivity index (χ0n) is 5.34. The van der Waals surface area contributed by atoms with Gasteiger partial charge in [0.2, 0.25) is 5.69 Å². The molecular formula is C5H6ClN3O. The summed E-state index contributed by atoms with van der Waals surface area (Å²) in [4.78, 5) is 0.400. The Balaban J connectivity index is 3.31. The Morgan fingerprint density at radius 3 is 2.90 bits per heavy atom. The third-order valence-corrected chi connectivity index (χ3v) is 1.35. The van der Waals surface area contributed by atoms with Gasteiger partial charge in [0.1, 0.15) is 5.69 Å². The summed E-state index contributed by atoms with van der Waals surface area (Å²) in [7, 11) is 0. The van der Waals surface area contributed by atoms with Gasteiger partial charge in [-0.25, -0.2) is 0 Å². The molecule has 0 spiro atoms. The van der Waals surface area contributed by atoms with Gasteiger partial charge in [0.25, 0.3) is 0 Å². The Morgan fingerprint density at radius 1 is 1.80 bits per heavy atom. The number of nitrogen functional groups attached to an aromatic ring is 1. The highest BCUT2D eigenvalue weighted by Gasteiger charge is 2.06. The lowest BCUT2D eigenvalue weighted by Gasteiger charge is -1.98. The minimum absolute atomic E-state index is 0.109. The molecule has 1 rings (SSSR count). The van der Waals surface area contributed by atoms with E-state index in [0.29, 0.717) is 16.2 Å². The molecule has 0 fully saturated rings. The van der Waals surface area contributed by atoms with Crippen LogP contribution in [0.25, 0.3) is 0 Å². The molecule has 10 heavy (non-hydrogen) atoms. The summed E-state index contributed by atoms with van der Waals surface area (Å²) in [6.45, 7) is 1.58. The second-order valence-corrected chi connectivity index (χ2v) is 2.27.